The number of benzene rings is 2. The molecule has 0 bridgehead atoms. The van der Waals surface area contributed by atoms with Gasteiger partial charge in [0, 0.05) is 22.2 Å². The Labute approximate surface area is 146 Å². The van der Waals surface area contributed by atoms with Gasteiger partial charge in [0.1, 0.15) is 17.4 Å². The van der Waals surface area contributed by atoms with E-state index in [1.807, 2.05) is 68.4 Å². The zero-order valence-electron chi connectivity index (χ0n) is 14.2. The molecule has 25 heavy (non-hydrogen) atoms. The monoisotopic (exact) mass is 330 g/mol. The normalized spacial score (nSPS) is 11.3. The van der Waals surface area contributed by atoms with Gasteiger partial charge in [-0.05, 0) is 32.1 Å². The van der Waals surface area contributed by atoms with Crippen molar-refractivity contribution in [2.45, 2.75) is 13.8 Å². The van der Waals surface area contributed by atoms with Gasteiger partial charge in [-0.3, -0.25) is 4.79 Å². The Morgan fingerprint density at radius 2 is 1.92 bits per heavy atom. The minimum atomic E-state index is -0.288. The van der Waals surface area contributed by atoms with Crippen LogP contribution in [-0.4, -0.2) is 17.4 Å². The molecule has 3 rings (SSSR count). The first-order chi connectivity index (χ1) is 12.2. The summed E-state index contributed by atoms with van der Waals surface area (Å²) >= 11 is 0. The van der Waals surface area contributed by atoms with Crippen molar-refractivity contribution in [3.05, 3.63) is 70.9 Å². The van der Waals surface area contributed by atoms with E-state index in [2.05, 4.69) is 4.98 Å². The van der Waals surface area contributed by atoms with Crippen LogP contribution >= 0.6 is 0 Å². The second kappa shape index (κ2) is 7.06. The molecule has 0 saturated heterocycles. The van der Waals surface area contributed by atoms with Crippen LogP contribution in [0.2, 0.25) is 0 Å². The topological polar surface area (TPSA) is 65.9 Å². The number of nitrogens with zero attached hydrogens (tertiary/aromatic N) is 1. The molecule has 0 amide bonds. The van der Waals surface area contributed by atoms with Crippen LogP contribution in [0.3, 0.4) is 0 Å². The molecule has 0 unspecified atom stereocenters. The first kappa shape index (κ1) is 16.5. The zero-order chi connectivity index (χ0) is 17.8. The standard InChI is InChI=1S/C21H18N2O2/c1-3-25-19-11-7-4-8-15(19)12-16(13-22)21(24)20-14(2)23-18-10-6-5-9-17(18)20/h4-12,23H,3H2,1-2H3/b16-12+. The molecule has 1 heterocycles. The molecular formula is C21H18N2O2. The van der Waals surface area contributed by atoms with Crippen LogP contribution in [-0.2, 0) is 0 Å². The Morgan fingerprint density at radius 3 is 2.68 bits per heavy atom. The number of carbonyl (C=O) groups excluding carboxylic acids is 1. The number of ketones is 1. The Kier molecular flexibility index (Phi) is 4.67. The van der Waals surface area contributed by atoms with Gasteiger partial charge in [-0.15, -0.1) is 0 Å². The van der Waals surface area contributed by atoms with Gasteiger partial charge >= 0.3 is 0 Å². The fourth-order valence-electron chi connectivity index (χ4n) is 2.89. The van der Waals surface area contributed by atoms with Crippen molar-refractivity contribution in [1.29, 1.82) is 5.26 Å². The summed E-state index contributed by atoms with van der Waals surface area (Å²) < 4.78 is 5.58. The third-order valence-corrected chi connectivity index (χ3v) is 4.00. The van der Waals surface area contributed by atoms with Crippen molar-refractivity contribution in [3.8, 4) is 11.8 Å². The van der Waals surface area contributed by atoms with E-state index in [1.165, 1.54) is 0 Å². The van der Waals surface area contributed by atoms with Crippen molar-refractivity contribution < 1.29 is 9.53 Å². The number of rotatable bonds is 5. The molecule has 4 heteroatoms. The van der Waals surface area contributed by atoms with Gasteiger partial charge in [0.05, 0.1) is 12.2 Å². The molecule has 1 N–H and O–H groups in total. The largest absolute Gasteiger partial charge is 0.493 e. The van der Waals surface area contributed by atoms with Gasteiger partial charge in [0.15, 0.2) is 0 Å². The highest BCUT2D eigenvalue weighted by Crippen LogP contribution is 2.27. The smallest absolute Gasteiger partial charge is 0.205 e. The third-order valence-electron chi connectivity index (χ3n) is 4.00. The molecular weight excluding hydrogens is 312 g/mol. The van der Waals surface area contributed by atoms with Gasteiger partial charge in [0.25, 0.3) is 0 Å². The maximum absolute atomic E-state index is 13.0. The van der Waals surface area contributed by atoms with Crippen LogP contribution < -0.4 is 4.74 Å². The average molecular weight is 330 g/mol. The number of ether oxygens (including phenoxy) is 1. The average Bonchev–Trinajstić information content (AvgIpc) is 2.96. The van der Waals surface area contributed by atoms with E-state index in [1.54, 1.807) is 6.08 Å². The van der Waals surface area contributed by atoms with Gasteiger partial charge in [0.2, 0.25) is 5.78 Å². The van der Waals surface area contributed by atoms with Crippen molar-refractivity contribution in [3.63, 3.8) is 0 Å². The number of allylic oxidation sites excluding steroid dienone is 1. The molecule has 3 aromatic rings. The molecule has 124 valence electrons. The summed E-state index contributed by atoms with van der Waals surface area (Å²) in [5.74, 6) is 0.366. The maximum atomic E-state index is 13.0. The second-order valence-corrected chi connectivity index (χ2v) is 5.64. The lowest BCUT2D eigenvalue weighted by Gasteiger charge is -2.07. The van der Waals surface area contributed by atoms with Crippen LogP contribution in [0, 0.1) is 18.3 Å². The number of aromatic amines is 1. The lowest BCUT2D eigenvalue weighted by atomic mass is 9.99. The Bertz CT molecular complexity index is 1010. The van der Waals surface area contributed by atoms with Gasteiger partial charge in [-0.25, -0.2) is 0 Å². The van der Waals surface area contributed by atoms with Crippen molar-refractivity contribution in [2.75, 3.05) is 6.61 Å². The van der Waals surface area contributed by atoms with Crippen LogP contribution in [0.1, 0.15) is 28.5 Å². The molecule has 0 fully saturated rings. The van der Waals surface area contributed by atoms with E-state index < -0.39 is 0 Å². The Balaban J connectivity index is 2.08. The number of H-pyrrole nitrogens is 1. The van der Waals surface area contributed by atoms with E-state index in [0.717, 1.165) is 16.6 Å². The molecule has 0 saturated carbocycles. The van der Waals surface area contributed by atoms with E-state index in [0.29, 0.717) is 23.5 Å². The summed E-state index contributed by atoms with van der Waals surface area (Å²) in [4.78, 5) is 16.2. The highest BCUT2D eigenvalue weighted by Gasteiger charge is 2.20. The van der Waals surface area contributed by atoms with Crippen molar-refractivity contribution >= 4 is 22.8 Å². The molecule has 0 spiro atoms. The van der Waals surface area contributed by atoms with Gasteiger partial charge in [-0.1, -0.05) is 36.4 Å². The molecule has 0 aliphatic carbocycles. The van der Waals surface area contributed by atoms with E-state index >= 15 is 0 Å². The van der Waals surface area contributed by atoms with E-state index in [-0.39, 0.29) is 11.4 Å². The molecule has 0 aliphatic heterocycles. The molecule has 1 aromatic heterocycles. The number of fused-ring (bicyclic) bond motifs is 1. The summed E-state index contributed by atoms with van der Waals surface area (Å²) in [5.41, 5.74) is 2.98. The first-order valence-corrected chi connectivity index (χ1v) is 8.11. The highest BCUT2D eigenvalue weighted by molar-refractivity contribution is 6.20. The number of aromatic nitrogens is 1. The fourth-order valence-corrected chi connectivity index (χ4v) is 2.89. The summed E-state index contributed by atoms with van der Waals surface area (Å²) in [7, 11) is 0. The van der Waals surface area contributed by atoms with E-state index in [9.17, 15) is 10.1 Å². The lowest BCUT2D eigenvalue weighted by molar-refractivity contribution is 0.104. The Hall–Kier alpha value is -3.32. The van der Waals surface area contributed by atoms with Gasteiger partial charge < -0.3 is 9.72 Å². The molecule has 4 nitrogen and oxygen atoms in total. The Morgan fingerprint density at radius 1 is 1.20 bits per heavy atom. The van der Waals surface area contributed by atoms with Crippen molar-refractivity contribution in [1.82, 2.24) is 4.98 Å². The summed E-state index contributed by atoms with van der Waals surface area (Å²) in [5, 5.41) is 10.4. The molecule has 0 radical (unpaired) electrons. The molecule has 0 atom stereocenters. The molecule has 0 aliphatic rings. The summed E-state index contributed by atoms with van der Waals surface area (Å²) in [6, 6.07) is 17.0. The van der Waals surface area contributed by atoms with Gasteiger partial charge in [-0.2, -0.15) is 5.26 Å². The SMILES string of the molecule is CCOc1ccccc1/C=C(\C#N)C(=O)c1c(C)[nH]c2ccccc12. The van der Waals surface area contributed by atoms with Crippen molar-refractivity contribution in [2.24, 2.45) is 0 Å². The predicted molar refractivity (Wildman–Crippen MR) is 98.6 cm³/mol. The number of nitriles is 1. The quantitative estimate of drug-likeness (QED) is 0.420. The lowest BCUT2D eigenvalue weighted by Crippen LogP contribution is -2.03. The fraction of sp³-hybridized carbons (Fsp3) is 0.143. The summed E-state index contributed by atoms with van der Waals surface area (Å²) in [6.07, 6.45) is 1.59. The maximum Gasteiger partial charge on any atom is 0.205 e. The first-order valence-electron chi connectivity index (χ1n) is 8.11. The number of hydrogen-bond donors (Lipinski definition) is 1. The minimum absolute atomic E-state index is 0.0833. The third kappa shape index (κ3) is 3.17. The van der Waals surface area contributed by atoms with Crippen LogP contribution in [0.15, 0.2) is 54.1 Å². The predicted octanol–water partition coefficient (Wildman–Crippen LogP) is 4.66. The number of nitrogens with one attached hydrogen (secondary N) is 1. The highest BCUT2D eigenvalue weighted by atomic mass is 16.5. The molecule has 2 aromatic carbocycles. The van der Waals surface area contributed by atoms with Crippen LogP contribution in [0.25, 0.3) is 17.0 Å². The van der Waals surface area contributed by atoms with E-state index in [4.69, 9.17) is 4.74 Å². The number of aryl methyl sites for hydroxylation is 1. The number of hydrogen-bond acceptors (Lipinski definition) is 3. The van der Waals surface area contributed by atoms with Crippen LogP contribution in [0.5, 0.6) is 5.75 Å². The second-order valence-electron chi connectivity index (χ2n) is 5.64. The van der Waals surface area contributed by atoms with Crippen LogP contribution in [0.4, 0.5) is 0 Å². The zero-order valence-corrected chi connectivity index (χ0v) is 14.2. The number of carbonyl (C=O) groups is 1. The summed E-state index contributed by atoms with van der Waals surface area (Å²) in [6.45, 7) is 4.25. The number of Topliss-reactive ketones (excluding diaryl/α,β-unsaturated/α-hetero) is 1. The number of para-hydroxylation sites is 2. The minimum Gasteiger partial charge on any atom is -0.493 e.